The molecule has 2 nitrogen and oxygen atoms in total. The van der Waals surface area contributed by atoms with E-state index in [0.29, 0.717) is 31.5 Å². The summed E-state index contributed by atoms with van der Waals surface area (Å²) < 4.78 is 0. The molecule has 0 radical (unpaired) electrons. The molecule has 0 aromatic heterocycles. The average molecular weight is 384 g/mol. The van der Waals surface area contributed by atoms with Crippen molar-refractivity contribution in [3.8, 4) is 0 Å². The van der Waals surface area contributed by atoms with Crippen LogP contribution in [0.2, 0.25) is 20.1 Å². The van der Waals surface area contributed by atoms with E-state index in [2.05, 4.69) is 0 Å². The molecule has 0 atom stereocenters. The van der Waals surface area contributed by atoms with E-state index in [9.17, 15) is 0 Å². The zero-order valence-electron chi connectivity index (χ0n) is 9.64. The van der Waals surface area contributed by atoms with E-state index in [1.165, 1.54) is 23.5 Å². The Kier molecular flexibility index (Phi) is 3.91. The van der Waals surface area contributed by atoms with Crippen LogP contribution in [-0.2, 0) is 0 Å². The van der Waals surface area contributed by atoms with Crippen LogP contribution >= 0.6 is 69.9 Å². The van der Waals surface area contributed by atoms with Crippen LogP contribution in [0.3, 0.4) is 0 Å². The molecule has 4 N–H and O–H groups in total. The second kappa shape index (κ2) is 5.27. The SMILES string of the molecule is Nc1c(Cl)cc2c(c1Cl)Sc1c(cc(Cl)c(N)c1Cl)S2. The molecule has 0 saturated heterocycles. The highest BCUT2D eigenvalue weighted by Gasteiger charge is 2.26. The average Bonchev–Trinajstić information content (AvgIpc) is 2.41. The van der Waals surface area contributed by atoms with Gasteiger partial charge in [0.2, 0.25) is 0 Å². The maximum Gasteiger partial charge on any atom is 0.0801 e. The Morgan fingerprint density at radius 3 is 1.50 bits per heavy atom. The van der Waals surface area contributed by atoms with Gasteiger partial charge in [-0.2, -0.15) is 0 Å². The van der Waals surface area contributed by atoms with Gasteiger partial charge in [0.25, 0.3) is 0 Å². The van der Waals surface area contributed by atoms with Crippen molar-refractivity contribution in [1.82, 2.24) is 0 Å². The molecule has 0 bridgehead atoms. The molecule has 0 saturated carbocycles. The highest BCUT2D eigenvalue weighted by Crippen LogP contribution is 2.57. The van der Waals surface area contributed by atoms with E-state index < -0.39 is 0 Å². The predicted molar refractivity (Wildman–Crippen MR) is 90.0 cm³/mol. The third kappa shape index (κ3) is 2.23. The molecule has 1 aliphatic rings. The van der Waals surface area contributed by atoms with Gasteiger partial charge in [0.15, 0.2) is 0 Å². The number of hydrogen-bond donors (Lipinski definition) is 2. The second-order valence-electron chi connectivity index (χ2n) is 4.03. The molecular formula is C12H6Cl4N2S2. The van der Waals surface area contributed by atoms with Gasteiger partial charge in [0.1, 0.15) is 0 Å². The number of nitrogen functional groups attached to an aromatic ring is 2. The van der Waals surface area contributed by atoms with Crippen molar-refractivity contribution in [3.05, 3.63) is 32.2 Å². The molecule has 0 amide bonds. The molecule has 0 aliphatic carbocycles. The Morgan fingerprint density at radius 1 is 0.700 bits per heavy atom. The summed E-state index contributed by atoms with van der Waals surface area (Å²) in [6.45, 7) is 0. The van der Waals surface area contributed by atoms with E-state index in [0.717, 1.165) is 19.6 Å². The summed E-state index contributed by atoms with van der Waals surface area (Å²) in [5.41, 5.74) is 12.4. The lowest BCUT2D eigenvalue weighted by Crippen LogP contribution is -1.98. The number of benzene rings is 2. The van der Waals surface area contributed by atoms with Gasteiger partial charge < -0.3 is 11.5 Å². The summed E-state index contributed by atoms with van der Waals surface area (Å²) in [6, 6.07) is 3.58. The molecule has 1 aliphatic heterocycles. The van der Waals surface area contributed by atoms with Crippen molar-refractivity contribution in [2.45, 2.75) is 19.6 Å². The first-order valence-corrected chi connectivity index (χ1v) is 8.45. The van der Waals surface area contributed by atoms with Gasteiger partial charge >= 0.3 is 0 Å². The predicted octanol–water partition coefficient (Wildman–Crippen LogP) is 6.08. The van der Waals surface area contributed by atoms with E-state index in [1.54, 1.807) is 12.1 Å². The van der Waals surface area contributed by atoms with E-state index in [-0.39, 0.29) is 0 Å². The summed E-state index contributed by atoms with van der Waals surface area (Å²) in [5, 5.41) is 1.72. The van der Waals surface area contributed by atoms with Crippen LogP contribution < -0.4 is 11.5 Å². The van der Waals surface area contributed by atoms with Crippen LogP contribution in [0, 0.1) is 0 Å². The number of anilines is 2. The topological polar surface area (TPSA) is 52.0 Å². The molecular weight excluding hydrogens is 378 g/mol. The Balaban J connectivity index is 2.22. The Labute approximate surface area is 144 Å². The van der Waals surface area contributed by atoms with Crippen molar-refractivity contribution in [1.29, 1.82) is 0 Å². The first kappa shape index (κ1) is 14.8. The standard InChI is InChI=1S/C12H6Cl4N2S2/c13-3-1-5-11(7(15)9(3)17)20-12-6(19-5)2-4(14)10(18)8(12)16/h1-2H,17-18H2. The fourth-order valence-corrected chi connectivity index (χ4v) is 5.54. The quantitative estimate of drug-likeness (QED) is 0.461. The van der Waals surface area contributed by atoms with Crippen molar-refractivity contribution >= 4 is 81.3 Å². The lowest BCUT2D eigenvalue weighted by Gasteiger charge is -2.22. The number of nitrogens with two attached hydrogens (primary N) is 2. The molecule has 20 heavy (non-hydrogen) atoms. The van der Waals surface area contributed by atoms with Crippen LogP contribution in [-0.4, -0.2) is 0 Å². The van der Waals surface area contributed by atoms with Gasteiger partial charge in [-0.15, -0.1) is 0 Å². The van der Waals surface area contributed by atoms with Crippen molar-refractivity contribution in [2.24, 2.45) is 0 Å². The van der Waals surface area contributed by atoms with Crippen LogP contribution in [0.25, 0.3) is 0 Å². The van der Waals surface area contributed by atoms with E-state index in [4.69, 9.17) is 57.9 Å². The van der Waals surface area contributed by atoms with Gasteiger partial charge in [0.05, 0.1) is 31.5 Å². The lowest BCUT2D eigenvalue weighted by atomic mass is 10.3. The van der Waals surface area contributed by atoms with Gasteiger partial charge in [-0.3, -0.25) is 0 Å². The monoisotopic (exact) mass is 382 g/mol. The Hall–Kier alpha value is -0.100. The first-order chi connectivity index (χ1) is 9.40. The third-order valence-corrected chi connectivity index (χ3v) is 7.01. The molecule has 0 fully saturated rings. The van der Waals surface area contributed by atoms with Gasteiger partial charge in [0, 0.05) is 19.6 Å². The molecule has 0 unspecified atom stereocenters. The summed E-state index contributed by atoms with van der Waals surface area (Å²) in [6.07, 6.45) is 0. The molecule has 2 aromatic carbocycles. The Bertz CT molecular complexity index is 688. The van der Waals surface area contributed by atoms with Crippen LogP contribution in [0.15, 0.2) is 31.7 Å². The minimum Gasteiger partial charge on any atom is -0.396 e. The number of halogens is 4. The number of hydrogen-bond acceptors (Lipinski definition) is 4. The minimum atomic E-state index is 0.363. The zero-order chi connectivity index (χ0) is 14.6. The van der Waals surface area contributed by atoms with Gasteiger partial charge in [-0.25, -0.2) is 0 Å². The normalized spacial score (nSPS) is 13.0. The zero-order valence-corrected chi connectivity index (χ0v) is 14.3. The van der Waals surface area contributed by atoms with Crippen LogP contribution in [0.4, 0.5) is 11.4 Å². The summed E-state index contributed by atoms with van der Waals surface area (Å²) in [7, 11) is 0. The summed E-state index contributed by atoms with van der Waals surface area (Å²) in [4.78, 5) is 3.50. The van der Waals surface area contributed by atoms with Crippen LogP contribution in [0.1, 0.15) is 0 Å². The second-order valence-corrected chi connectivity index (χ2v) is 7.71. The molecule has 1 heterocycles. The molecule has 3 rings (SSSR count). The molecule has 8 heteroatoms. The van der Waals surface area contributed by atoms with E-state index >= 15 is 0 Å². The van der Waals surface area contributed by atoms with Crippen molar-refractivity contribution in [3.63, 3.8) is 0 Å². The number of rotatable bonds is 0. The summed E-state index contributed by atoms with van der Waals surface area (Å²) >= 11 is 27.6. The highest BCUT2D eigenvalue weighted by molar-refractivity contribution is 8.05. The molecule has 0 spiro atoms. The van der Waals surface area contributed by atoms with E-state index in [1.807, 2.05) is 0 Å². The van der Waals surface area contributed by atoms with Crippen LogP contribution in [0.5, 0.6) is 0 Å². The Morgan fingerprint density at radius 2 is 1.10 bits per heavy atom. The maximum atomic E-state index is 6.26. The van der Waals surface area contributed by atoms with Gasteiger partial charge in [-0.05, 0) is 12.1 Å². The maximum absolute atomic E-state index is 6.26. The lowest BCUT2D eigenvalue weighted by molar-refractivity contribution is 1.16. The smallest absolute Gasteiger partial charge is 0.0801 e. The van der Waals surface area contributed by atoms with Gasteiger partial charge in [-0.1, -0.05) is 69.9 Å². The highest BCUT2D eigenvalue weighted by atomic mass is 35.5. The first-order valence-electron chi connectivity index (χ1n) is 5.30. The van der Waals surface area contributed by atoms with Crippen molar-refractivity contribution in [2.75, 3.05) is 11.5 Å². The fraction of sp³-hybridized carbons (Fsp3) is 0. The fourth-order valence-electron chi connectivity index (χ4n) is 1.75. The van der Waals surface area contributed by atoms with Crippen molar-refractivity contribution < 1.29 is 0 Å². The third-order valence-electron chi connectivity index (χ3n) is 2.77. The number of fused-ring (bicyclic) bond motifs is 2. The summed E-state index contributed by atoms with van der Waals surface area (Å²) in [5.74, 6) is 0. The molecule has 104 valence electrons. The minimum absolute atomic E-state index is 0.363. The largest absolute Gasteiger partial charge is 0.396 e. The molecule has 2 aromatic rings.